The zero-order valence-corrected chi connectivity index (χ0v) is 12.1. The van der Waals surface area contributed by atoms with Gasteiger partial charge in [-0.3, -0.25) is 10.1 Å². The summed E-state index contributed by atoms with van der Waals surface area (Å²) in [6.07, 6.45) is 0.873. The normalized spacial score (nSPS) is 10.2. The van der Waals surface area contributed by atoms with Gasteiger partial charge in [-0.2, -0.15) is 0 Å². The highest BCUT2D eigenvalue weighted by Crippen LogP contribution is 2.25. The van der Waals surface area contributed by atoms with Gasteiger partial charge in [-0.25, -0.2) is 4.98 Å². The Labute approximate surface area is 123 Å². The zero-order chi connectivity index (χ0) is 15.2. The van der Waals surface area contributed by atoms with Gasteiger partial charge < -0.3 is 10.6 Å². The van der Waals surface area contributed by atoms with Crippen molar-refractivity contribution < 1.29 is 4.92 Å². The Morgan fingerprint density at radius 2 is 1.90 bits per heavy atom. The number of nitro groups is 1. The third-order valence-corrected chi connectivity index (χ3v) is 3.04. The van der Waals surface area contributed by atoms with Crippen molar-refractivity contribution in [2.45, 2.75) is 20.3 Å². The first-order valence-electron chi connectivity index (χ1n) is 6.89. The van der Waals surface area contributed by atoms with Gasteiger partial charge in [-0.1, -0.05) is 25.1 Å². The highest BCUT2D eigenvalue weighted by molar-refractivity contribution is 5.64. The van der Waals surface area contributed by atoms with Crippen LogP contribution >= 0.6 is 0 Å². The number of aromatic nitrogens is 1. The smallest absolute Gasteiger partial charge is 0.276 e. The molecule has 0 fully saturated rings. The van der Waals surface area contributed by atoms with Crippen LogP contribution < -0.4 is 10.6 Å². The van der Waals surface area contributed by atoms with E-state index in [2.05, 4.69) is 22.5 Å². The van der Waals surface area contributed by atoms with Crippen LogP contribution in [-0.4, -0.2) is 16.5 Å². The molecule has 21 heavy (non-hydrogen) atoms. The van der Waals surface area contributed by atoms with Gasteiger partial charge in [-0.05, 0) is 25.0 Å². The molecular weight excluding hydrogens is 268 g/mol. The van der Waals surface area contributed by atoms with Crippen molar-refractivity contribution in [3.8, 4) is 0 Å². The first kappa shape index (κ1) is 14.8. The van der Waals surface area contributed by atoms with Crippen LogP contribution in [0.4, 0.5) is 23.0 Å². The third-order valence-electron chi connectivity index (χ3n) is 3.04. The number of nitrogens with zero attached hydrogens (tertiary/aromatic N) is 2. The van der Waals surface area contributed by atoms with Crippen molar-refractivity contribution in [3.63, 3.8) is 0 Å². The number of anilines is 3. The summed E-state index contributed by atoms with van der Waals surface area (Å²) >= 11 is 0. The molecule has 6 heteroatoms. The number of aryl methyl sites for hydroxylation is 1. The number of nitrogens with one attached hydrogen (secondary N) is 2. The Morgan fingerprint density at radius 3 is 2.57 bits per heavy atom. The topological polar surface area (TPSA) is 80.1 Å². The van der Waals surface area contributed by atoms with Gasteiger partial charge in [0.2, 0.25) is 0 Å². The lowest BCUT2D eigenvalue weighted by Gasteiger charge is -2.11. The molecule has 1 aromatic carbocycles. The predicted molar refractivity (Wildman–Crippen MR) is 84.2 cm³/mol. The molecule has 6 nitrogen and oxygen atoms in total. The van der Waals surface area contributed by atoms with E-state index in [4.69, 9.17) is 0 Å². The lowest BCUT2D eigenvalue weighted by atomic mass is 10.1. The van der Waals surface area contributed by atoms with Gasteiger partial charge >= 0.3 is 0 Å². The van der Waals surface area contributed by atoms with Crippen LogP contribution in [0.1, 0.15) is 19.4 Å². The molecule has 0 saturated carbocycles. The Hall–Kier alpha value is -2.63. The lowest BCUT2D eigenvalue weighted by Crippen LogP contribution is -2.04. The van der Waals surface area contributed by atoms with Crippen LogP contribution in [0.3, 0.4) is 0 Å². The van der Waals surface area contributed by atoms with Crippen molar-refractivity contribution in [1.82, 2.24) is 4.98 Å². The maximum Gasteiger partial charge on any atom is 0.276 e. The van der Waals surface area contributed by atoms with Crippen molar-refractivity contribution in [2.24, 2.45) is 0 Å². The minimum atomic E-state index is -0.417. The molecule has 0 saturated heterocycles. The van der Waals surface area contributed by atoms with E-state index in [1.54, 1.807) is 0 Å². The Morgan fingerprint density at radius 1 is 1.19 bits per heavy atom. The SMILES string of the molecule is CCNc1cc([N+](=O)[O-])cc(Nc2ccccc2CC)n1. The fraction of sp³-hybridized carbons (Fsp3) is 0.267. The zero-order valence-electron chi connectivity index (χ0n) is 12.1. The number of pyridine rings is 1. The van der Waals surface area contributed by atoms with Crippen LogP contribution in [0.15, 0.2) is 36.4 Å². The minimum absolute atomic E-state index is 0.0115. The second-order valence-corrected chi connectivity index (χ2v) is 4.52. The largest absolute Gasteiger partial charge is 0.370 e. The van der Waals surface area contributed by atoms with Gasteiger partial charge in [-0.15, -0.1) is 0 Å². The molecular formula is C15H18N4O2. The van der Waals surface area contributed by atoms with E-state index in [9.17, 15) is 10.1 Å². The van der Waals surface area contributed by atoms with Crippen molar-refractivity contribution in [1.29, 1.82) is 0 Å². The van der Waals surface area contributed by atoms with E-state index in [-0.39, 0.29) is 5.69 Å². The minimum Gasteiger partial charge on any atom is -0.370 e. The van der Waals surface area contributed by atoms with Crippen molar-refractivity contribution in [2.75, 3.05) is 17.2 Å². The van der Waals surface area contributed by atoms with Gasteiger partial charge in [0.1, 0.15) is 11.6 Å². The number of rotatable bonds is 6. The standard InChI is InChI=1S/C15H18N4O2/c1-3-11-7-5-6-8-13(11)17-15-10-12(19(20)21)9-14(18-15)16-4-2/h5-10H,3-4H2,1-2H3,(H2,16,17,18). The van der Waals surface area contributed by atoms with Crippen LogP contribution in [0, 0.1) is 10.1 Å². The average molecular weight is 286 g/mol. The molecule has 1 heterocycles. The highest BCUT2D eigenvalue weighted by Gasteiger charge is 2.11. The summed E-state index contributed by atoms with van der Waals surface area (Å²) in [5.41, 5.74) is 2.06. The Balaban J connectivity index is 2.36. The number of benzene rings is 1. The molecule has 0 spiro atoms. The Kier molecular flexibility index (Phi) is 4.71. The fourth-order valence-electron chi connectivity index (χ4n) is 2.05. The number of hydrogen-bond acceptors (Lipinski definition) is 5. The van der Waals surface area contributed by atoms with Gasteiger partial charge in [0.05, 0.1) is 17.1 Å². The summed E-state index contributed by atoms with van der Waals surface area (Å²) in [7, 11) is 0. The molecule has 0 aliphatic heterocycles. The average Bonchev–Trinajstić information content (AvgIpc) is 2.48. The van der Waals surface area contributed by atoms with Crippen molar-refractivity contribution >= 4 is 23.0 Å². The first-order valence-corrected chi connectivity index (χ1v) is 6.89. The van der Waals surface area contributed by atoms with Crippen LogP contribution in [-0.2, 0) is 6.42 Å². The molecule has 110 valence electrons. The monoisotopic (exact) mass is 286 g/mol. The van der Waals surface area contributed by atoms with E-state index in [1.807, 2.05) is 31.2 Å². The summed E-state index contributed by atoms with van der Waals surface area (Å²) in [4.78, 5) is 14.9. The van der Waals surface area contributed by atoms with Gasteiger partial charge in [0.15, 0.2) is 0 Å². The van der Waals surface area contributed by atoms with Crippen LogP contribution in [0.5, 0.6) is 0 Å². The molecule has 0 unspecified atom stereocenters. The molecule has 0 aliphatic carbocycles. The summed E-state index contributed by atoms with van der Waals surface area (Å²) in [6.45, 7) is 4.63. The predicted octanol–water partition coefficient (Wildman–Crippen LogP) is 3.73. The summed E-state index contributed by atoms with van der Waals surface area (Å²) in [5, 5.41) is 17.2. The number of hydrogen-bond donors (Lipinski definition) is 2. The molecule has 2 N–H and O–H groups in total. The molecule has 0 amide bonds. The second-order valence-electron chi connectivity index (χ2n) is 4.52. The van der Waals surface area contributed by atoms with E-state index in [0.29, 0.717) is 18.2 Å². The van der Waals surface area contributed by atoms with E-state index in [0.717, 1.165) is 17.7 Å². The van der Waals surface area contributed by atoms with Crippen molar-refractivity contribution in [3.05, 3.63) is 52.1 Å². The van der Waals surface area contributed by atoms with E-state index in [1.165, 1.54) is 12.1 Å². The van der Waals surface area contributed by atoms with E-state index < -0.39 is 4.92 Å². The lowest BCUT2D eigenvalue weighted by molar-refractivity contribution is -0.384. The van der Waals surface area contributed by atoms with Crippen LogP contribution in [0.2, 0.25) is 0 Å². The van der Waals surface area contributed by atoms with Gasteiger partial charge in [0, 0.05) is 12.2 Å². The molecule has 2 rings (SSSR count). The first-order chi connectivity index (χ1) is 10.1. The Bertz CT molecular complexity index is 643. The molecule has 2 aromatic rings. The quantitative estimate of drug-likeness (QED) is 0.624. The summed E-state index contributed by atoms with van der Waals surface area (Å²) in [5.74, 6) is 0.948. The molecule has 0 aliphatic rings. The molecule has 1 aromatic heterocycles. The number of para-hydroxylation sites is 1. The summed E-state index contributed by atoms with van der Waals surface area (Å²) < 4.78 is 0. The maximum absolute atomic E-state index is 11.0. The highest BCUT2D eigenvalue weighted by atomic mass is 16.6. The maximum atomic E-state index is 11.0. The molecule has 0 radical (unpaired) electrons. The molecule has 0 atom stereocenters. The van der Waals surface area contributed by atoms with E-state index >= 15 is 0 Å². The third kappa shape index (κ3) is 3.68. The fourth-order valence-corrected chi connectivity index (χ4v) is 2.05. The second kappa shape index (κ2) is 6.69. The molecule has 0 bridgehead atoms. The van der Waals surface area contributed by atoms with Gasteiger partial charge in [0.25, 0.3) is 5.69 Å². The van der Waals surface area contributed by atoms with Crippen LogP contribution in [0.25, 0.3) is 0 Å². The summed E-state index contributed by atoms with van der Waals surface area (Å²) in [6, 6.07) is 10.7.